The van der Waals surface area contributed by atoms with Gasteiger partial charge in [0, 0.05) is 41.9 Å². The average molecular weight is 919 g/mol. The molecule has 6 aromatic rings. The van der Waals surface area contributed by atoms with E-state index >= 15 is 14.4 Å². The quantitative estimate of drug-likeness (QED) is 0.142. The van der Waals surface area contributed by atoms with E-state index in [9.17, 15) is 0 Å². The van der Waals surface area contributed by atoms with Crippen molar-refractivity contribution in [3.05, 3.63) is 179 Å². The molecule has 4 aliphatic heterocycles. The molecule has 0 atom stereocenters. The van der Waals surface area contributed by atoms with E-state index in [1.165, 1.54) is 0 Å². The highest BCUT2D eigenvalue weighted by Crippen LogP contribution is 3.14. The minimum atomic E-state index is -3.83. The fraction of sp³-hybridized carbons (Fsp3) is 0.167. The smallest absolute Gasteiger partial charge is 0.242 e. The molecule has 0 unspecified atom stereocenters. The average Bonchev–Trinajstić information content (AvgIpc) is 4.15. The molecule has 3 aliphatic carbocycles. The Morgan fingerprint density at radius 2 is 0.530 bits per heavy atom. The van der Waals surface area contributed by atoms with E-state index in [1.807, 2.05) is 35.1 Å². The summed E-state index contributed by atoms with van der Waals surface area (Å²) in [5, 5.41) is 16.5. The molecule has 4 heterocycles. The minimum Gasteiger partial charge on any atom is -0.273 e. The zero-order valence-corrected chi connectivity index (χ0v) is 40.0. The predicted molar refractivity (Wildman–Crippen MR) is 274 cm³/mol. The summed E-state index contributed by atoms with van der Waals surface area (Å²) in [6, 6.07) is 52.1. The third kappa shape index (κ3) is 3.87. The zero-order valence-electron chi connectivity index (χ0n) is 37.3. The number of nitrogens with zero attached hydrogens (tertiary/aromatic N) is 6. The molecular formula is C54H45N6O3P3. The van der Waals surface area contributed by atoms with Gasteiger partial charge in [-0.3, -0.25) is 14.4 Å². The van der Waals surface area contributed by atoms with Crippen LogP contribution in [0, 0.1) is 0 Å². The van der Waals surface area contributed by atoms with Gasteiger partial charge in [0.15, 0.2) is 0 Å². The van der Waals surface area contributed by atoms with Crippen molar-refractivity contribution in [1.82, 2.24) is 14.3 Å². The Morgan fingerprint density at radius 3 is 0.712 bits per heavy atom. The van der Waals surface area contributed by atoms with Crippen LogP contribution in [0.4, 0.5) is 0 Å². The zero-order chi connectivity index (χ0) is 45.3. The molecule has 1 saturated heterocycles. The number of carbonyl (C=O) groups excluding carboxylic acids is 3. The summed E-state index contributed by atoms with van der Waals surface area (Å²) in [6.07, 6.45) is 0. The highest BCUT2D eigenvalue weighted by molar-refractivity contribution is 8.09. The van der Waals surface area contributed by atoms with Gasteiger partial charge >= 0.3 is 0 Å². The summed E-state index contributed by atoms with van der Waals surface area (Å²) in [5.41, 5.74) is 14.5. The summed E-state index contributed by atoms with van der Waals surface area (Å²) in [7, 11) is -11.5. The predicted octanol–water partition coefficient (Wildman–Crippen LogP) is 11.6. The van der Waals surface area contributed by atoms with E-state index in [0.717, 1.165) is 66.8 Å². The molecule has 1 fully saturated rings. The Hall–Kier alpha value is -6.36. The highest BCUT2D eigenvalue weighted by Gasteiger charge is 2.89. The van der Waals surface area contributed by atoms with Gasteiger partial charge in [-0.1, -0.05) is 146 Å². The van der Waals surface area contributed by atoms with Crippen LogP contribution in [0.15, 0.2) is 161 Å². The topological polar surface area (TPSA) is 98.0 Å². The molecule has 3 amide bonds. The molecule has 0 aromatic heterocycles. The van der Waals surface area contributed by atoms with Crippen LogP contribution in [0.25, 0.3) is 33.4 Å². The van der Waals surface area contributed by atoms with Crippen LogP contribution in [0.1, 0.15) is 74.9 Å². The second-order valence-electron chi connectivity index (χ2n) is 18.4. The maximum atomic E-state index is 15.7. The van der Waals surface area contributed by atoms with E-state index < -0.39 is 35.8 Å². The molecule has 9 nitrogen and oxygen atoms in total. The van der Waals surface area contributed by atoms with E-state index in [4.69, 9.17) is 15.3 Å². The van der Waals surface area contributed by atoms with Crippen molar-refractivity contribution in [3.8, 4) is 33.4 Å². The van der Waals surface area contributed by atoms with Crippen LogP contribution in [0.2, 0.25) is 0 Å². The molecule has 6 spiro atoms. The number of rotatable bonds is 0. The van der Waals surface area contributed by atoms with Crippen molar-refractivity contribution in [2.45, 2.75) is 56.2 Å². The summed E-state index contributed by atoms with van der Waals surface area (Å²) >= 11 is 0. The first-order valence-electron chi connectivity index (χ1n) is 22.4. The van der Waals surface area contributed by atoms with Crippen molar-refractivity contribution >= 4 is 73.4 Å². The van der Waals surface area contributed by atoms with Crippen LogP contribution < -0.4 is 0 Å². The van der Waals surface area contributed by atoms with Crippen molar-refractivity contribution in [1.29, 1.82) is 0 Å². The Balaban J connectivity index is 1.49. The molecule has 0 bridgehead atoms. The first-order chi connectivity index (χ1) is 31.9. The molecule has 13 rings (SSSR count). The van der Waals surface area contributed by atoms with Gasteiger partial charge in [0.1, 0.15) is 14.7 Å². The van der Waals surface area contributed by atoms with Gasteiger partial charge in [-0.25, -0.2) is 14.3 Å². The SMILES string of the molecule is CC(=O)N1N=C(C)C=P12C1(c3ccccc3-c3ccccc31)P1(=CC(C)=NN1C(C)=O)C1(c3ccccc3-c3ccccc31)P1(=CC(C)=NN1C(C)=O)C21c2ccccc2-c2ccccc21. The molecule has 0 saturated carbocycles. The molecule has 7 aliphatic rings. The first kappa shape index (κ1) is 40.0. The summed E-state index contributed by atoms with van der Waals surface area (Å²) in [5.74, 6) is 6.51. The summed E-state index contributed by atoms with van der Waals surface area (Å²) < 4.78 is 5.72. The molecule has 12 heteroatoms. The number of hydrazone groups is 3. The number of benzene rings is 6. The van der Waals surface area contributed by atoms with Gasteiger partial charge in [0.05, 0.1) is 17.1 Å². The number of hydrogen-bond acceptors (Lipinski definition) is 6. The highest BCUT2D eigenvalue weighted by atomic mass is 31.3. The maximum Gasteiger partial charge on any atom is 0.242 e. The van der Waals surface area contributed by atoms with Gasteiger partial charge in [0.25, 0.3) is 0 Å². The van der Waals surface area contributed by atoms with Crippen LogP contribution in [-0.2, 0) is 29.1 Å². The van der Waals surface area contributed by atoms with Crippen LogP contribution in [0.5, 0.6) is 0 Å². The largest absolute Gasteiger partial charge is 0.273 e. The molecular weight excluding hydrogens is 874 g/mol. The van der Waals surface area contributed by atoms with Crippen LogP contribution >= 0.6 is 21.1 Å². The minimum absolute atomic E-state index is 0.212. The number of fused-ring (bicyclic) bond motifs is 21. The Kier molecular flexibility index (Phi) is 7.84. The molecule has 0 N–H and O–H groups in total. The lowest BCUT2D eigenvalue weighted by molar-refractivity contribution is -0.124. The maximum absolute atomic E-state index is 15.7. The van der Waals surface area contributed by atoms with Crippen molar-refractivity contribution in [2.75, 3.05) is 0 Å². The van der Waals surface area contributed by atoms with Crippen molar-refractivity contribution in [2.24, 2.45) is 15.3 Å². The second kappa shape index (κ2) is 13.0. The first-order valence-corrected chi connectivity index (χ1v) is 27.8. The summed E-state index contributed by atoms with van der Waals surface area (Å²) in [4.78, 5) is 43.3. The monoisotopic (exact) mass is 918 g/mol. The Bertz CT molecular complexity index is 3080. The number of hydrogen-bond donors (Lipinski definition) is 0. The normalized spacial score (nSPS) is 25.2. The van der Waals surface area contributed by atoms with Gasteiger partial charge in [-0.2, -0.15) is 15.3 Å². The van der Waals surface area contributed by atoms with Crippen molar-refractivity contribution < 1.29 is 14.4 Å². The van der Waals surface area contributed by atoms with Crippen molar-refractivity contribution in [3.63, 3.8) is 0 Å². The number of carbonyl (C=O) groups is 3. The molecule has 66 heavy (non-hydrogen) atoms. The van der Waals surface area contributed by atoms with Gasteiger partial charge in [-0.15, -0.1) is 0 Å². The lowest BCUT2D eigenvalue weighted by Crippen LogP contribution is -2.59. The number of amides is 3. The van der Waals surface area contributed by atoms with Crippen LogP contribution in [0.3, 0.4) is 0 Å². The molecule has 324 valence electrons. The van der Waals surface area contributed by atoms with E-state index in [1.54, 1.807) is 20.8 Å². The third-order valence-corrected chi connectivity index (χ3v) is 34.7. The fourth-order valence-corrected chi connectivity index (χ4v) is 40.9. The Labute approximate surface area is 384 Å². The van der Waals surface area contributed by atoms with E-state index in [2.05, 4.69) is 163 Å². The van der Waals surface area contributed by atoms with Gasteiger partial charge in [-0.05, 0) is 105 Å². The molecule has 0 radical (unpaired) electrons. The van der Waals surface area contributed by atoms with Crippen LogP contribution in [-0.4, -0.2) is 66.6 Å². The fourth-order valence-electron chi connectivity index (χ4n) is 14.1. The van der Waals surface area contributed by atoms with E-state index in [-0.39, 0.29) is 17.7 Å². The third-order valence-electron chi connectivity index (χ3n) is 15.3. The second-order valence-corrected chi connectivity index (χ2v) is 29.5. The molecule has 6 aromatic carbocycles. The lowest BCUT2D eigenvalue weighted by atomic mass is 10.1. The van der Waals surface area contributed by atoms with E-state index in [0.29, 0.717) is 17.1 Å². The van der Waals surface area contributed by atoms with Gasteiger partial charge < -0.3 is 0 Å². The standard InChI is InChI=1S/C54H45N6O3P3/c1-34-31-64(58(55-34)37(4)61)52(46-25-13-7-19-40(46)41-20-8-14-26-47(41)52)65(32-35(2)56-59(65)38(5)62)54(50-29-17-11-23-44(50)45-24-12-18-30-51(45)54)66(33-36(3)57-60(66)39(6)63)53(64)48-27-15-9-21-42(48)43-22-10-16-28-49(43)53/h7-33H,1-6H3. The Morgan fingerprint density at radius 1 is 0.348 bits per heavy atom. The summed E-state index contributed by atoms with van der Waals surface area (Å²) in [6.45, 7) is 11.0. The van der Waals surface area contributed by atoms with Gasteiger partial charge in [0.2, 0.25) is 17.7 Å². The lowest BCUT2D eigenvalue weighted by Gasteiger charge is -2.75.